The minimum absolute atomic E-state index is 0.00760. The summed E-state index contributed by atoms with van der Waals surface area (Å²) in [7, 11) is 0. The van der Waals surface area contributed by atoms with E-state index in [0.717, 1.165) is 44.1 Å². The van der Waals surface area contributed by atoms with Crippen molar-refractivity contribution in [2.24, 2.45) is 28.6 Å². The zero-order chi connectivity index (χ0) is 21.4. The Bertz CT molecular complexity index is 766. The average Bonchev–Trinajstić information content (AvgIpc) is 2.89. The maximum atomic E-state index is 12.4. The van der Waals surface area contributed by atoms with Gasteiger partial charge in [0.25, 0.3) is 0 Å². The number of hydrogen-bond acceptors (Lipinski definition) is 3. The normalized spacial score (nSPS) is 51.3. The molecule has 5 unspecified atom stereocenters. The van der Waals surface area contributed by atoms with Gasteiger partial charge in [0.05, 0.1) is 0 Å². The summed E-state index contributed by atoms with van der Waals surface area (Å²) >= 11 is 12.2. The molecule has 0 aliphatic heterocycles. The first-order chi connectivity index (χ1) is 13.4. The summed E-state index contributed by atoms with van der Waals surface area (Å²) in [5.74, 6) is 1.68. The predicted octanol–water partition coefficient (Wildman–Crippen LogP) is 6.35. The van der Waals surface area contributed by atoms with Crippen LogP contribution in [0.1, 0.15) is 66.2 Å². The second-order valence-electron chi connectivity index (χ2n) is 10.3. The van der Waals surface area contributed by atoms with Crippen molar-refractivity contribution in [2.45, 2.75) is 86.3 Å². The van der Waals surface area contributed by atoms with E-state index >= 15 is 0 Å². The van der Waals surface area contributed by atoms with Crippen molar-refractivity contribution in [1.82, 2.24) is 0 Å². The number of ether oxygens (including phenoxy) is 1. The molecule has 29 heavy (non-hydrogen) atoms. The van der Waals surface area contributed by atoms with Gasteiger partial charge in [-0.15, -0.1) is 0 Å². The fourth-order valence-electron chi connectivity index (χ4n) is 7.61. The number of hydrogen-bond donors (Lipinski definition) is 0. The van der Waals surface area contributed by atoms with Gasteiger partial charge in [-0.3, -0.25) is 9.59 Å². The maximum absolute atomic E-state index is 12.4. The van der Waals surface area contributed by atoms with Gasteiger partial charge in [-0.05, 0) is 67.8 Å². The lowest BCUT2D eigenvalue weighted by Gasteiger charge is -2.65. The molecule has 3 saturated carbocycles. The van der Waals surface area contributed by atoms with Gasteiger partial charge < -0.3 is 4.74 Å². The van der Waals surface area contributed by atoms with E-state index < -0.39 is 0 Å². The van der Waals surface area contributed by atoms with Crippen LogP contribution in [-0.4, -0.2) is 31.8 Å². The number of halogens is 3. The smallest absolute Gasteiger partial charge is 0.302 e. The Morgan fingerprint density at radius 3 is 2.45 bits per heavy atom. The maximum Gasteiger partial charge on any atom is 0.302 e. The molecule has 0 aromatic carbocycles. The molecule has 6 heteroatoms. The number of ketones is 1. The lowest BCUT2D eigenvalue weighted by atomic mass is 9.44. The van der Waals surface area contributed by atoms with Crippen LogP contribution in [-0.2, 0) is 14.3 Å². The van der Waals surface area contributed by atoms with Gasteiger partial charge in [0.2, 0.25) is 0 Å². The van der Waals surface area contributed by atoms with Crippen LogP contribution in [0.3, 0.4) is 0 Å². The first kappa shape index (κ1) is 22.5. The van der Waals surface area contributed by atoms with Gasteiger partial charge in [-0.1, -0.05) is 67.7 Å². The van der Waals surface area contributed by atoms with Crippen molar-refractivity contribution in [3.63, 3.8) is 0 Å². The third kappa shape index (κ3) is 3.20. The second-order valence-corrected chi connectivity index (χ2v) is 13.9. The Morgan fingerprint density at radius 1 is 1.14 bits per heavy atom. The largest absolute Gasteiger partial charge is 0.463 e. The molecule has 0 amide bonds. The van der Waals surface area contributed by atoms with Crippen LogP contribution in [0.2, 0.25) is 0 Å². The molecule has 0 spiro atoms. The molecule has 0 bridgehead atoms. The summed E-state index contributed by atoms with van der Waals surface area (Å²) in [6, 6.07) is 0. The van der Waals surface area contributed by atoms with Crippen molar-refractivity contribution in [3.8, 4) is 0 Å². The topological polar surface area (TPSA) is 43.4 Å². The summed E-state index contributed by atoms with van der Waals surface area (Å²) in [4.78, 5) is 24.5. The van der Waals surface area contributed by atoms with Gasteiger partial charge >= 0.3 is 5.97 Å². The number of carbonyl (C=O) groups excluding carboxylic acids is 2. The summed E-state index contributed by atoms with van der Waals surface area (Å²) in [6.45, 7) is 8.01. The Morgan fingerprint density at radius 2 is 1.83 bits per heavy atom. The zero-order valence-electron chi connectivity index (χ0n) is 17.6. The fourth-order valence-corrected chi connectivity index (χ4v) is 11.0. The first-order valence-electron chi connectivity index (χ1n) is 10.8. The van der Waals surface area contributed by atoms with E-state index in [4.69, 9.17) is 4.74 Å². The first-order valence-corrected chi connectivity index (χ1v) is 13.4. The molecule has 9 atom stereocenters. The Labute approximate surface area is 199 Å². The molecular weight excluding hydrogens is 564 g/mol. The Balaban J connectivity index is 1.67. The molecule has 0 radical (unpaired) electrons. The van der Waals surface area contributed by atoms with Crippen molar-refractivity contribution in [1.29, 1.82) is 0 Å². The zero-order valence-corrected chi connectivity index (χ0v) is 22.4. The van der Waals surface area contributed by atoms with Gasteiger partial charge in [0, 0.05) is 32.7 Å². The number of rotatable bonds is 2. The molecule has 0 aromatic rings. The van der Waals surface area contributed by atoms with E-state index in [0.29, 0.717) is 22.6 Å². The van der Waals surface area contributed by atoms with Crippen LogP contribution in [0.5, 0.6) is 0 Å². The fraction of sp³-hybridized carbons (Fsp3) is 0.826. The van der Waals surface area contributed by atoms with Crippen LogP contribution in [0.15, 0.2) is 11.6 Å². The number of Topliss-reactive ketones (excluding diaryl/α,β-unsaturated/α-hetero) is 1. The van der Waals surface area contributed by atoms with Gasteiger partial charge in [-0.25, -0.2) is 0 Å². The minimum atomic E-state index is -0.182. The van der Waals surface area contributed by atoms with Crippen LogP contribution in [0.25, 0.3) is 0 Å². The SMILES string of the molecule is CC(=O)O[C@H]1CC[C@]2(C)C3CC[C@]4(C)C(C(C)=O)=CC(Br)C4[C@@H]3CC(Br)C2(Br)C1. The van der Waals surface area contributed by atoms with E-state index in [1.54, 1.807) is 6.92 Å². The van der Waals surface area contributed by atoms with Crippen molar-refractivity contribution in [2.75, 3.05) is 0 Å². The highest BCUT2D eigenvalue weighted by atomic mass is 79.9. The number of esters is 1. The van der Waals surface area contributed by atoms with Crippen molar-refractivity contribution in [3.05, 3.63) is 11.6 Å². The predicted molar refractivity (Wildman–Crippen MR) is 126 cm³/mol. The lowest BCUT2D eigenvalue weighted by molar-refractivity contribution is -0.154. The van der Waals surface area contributed by atoms with E-state index in [2.05, 4.69) is 67.7 Å². The lowest BCUT2D eigenvalue weighted by Crippen LogP contribution is -2.65. The number of alkyl halides is 3. The molecule has 4 aliphatic carbocycles. The quantitative estimate of drug-likeness (QED) is 0.276. The van der Waals surface area contributed by atoms with Crippen molar-refractivity contribution < 1.29 is 14.3 Å². The summed E-state index contributed by atoms with van der Waals surface area (Å²) < 4.78 is 5.56. The molecule has 3 fully saturated rings. The highest BCUT2D eigenvalue weighted by Crippen LogP contribution is 2.71. The summed E-state index contributed by atoms with van der Waals surface area (Å²) in [6.07, 6.45) is 8.36. The molecule has 0 aromatic heterocycles. The average molecular weight is 595 g/mol. The van der Waals surface area contributed by atoms with E-state index in [9.17, 15) is 9.59 Å². The third-order valence-electron chi connectivity index (χ3n) is 8.94. The Kier molecular flexibility index (Phi) is 5.77. The molecule has 0 saturated heterocycles. The monoisotopic (exact) mass is 592 g/mol. The minimum Gasteiger partial charge on any atom is -0.463 e. The summed E-state index contributed by atoms with van der Waals surface area (Å²) in [5.41, 5.74) is 1.15. The standard InChI is InChI=1S/C23H31Br3O3/c1-12(27)17-10-18(24)20-15-9-19(25)23(26)11-14(29-13(2)28)5-8-22(23,4)16(15)6-7-21(17,20)3/h10,14-16,18-20H,5-9,11H2,1-4H3/t14-,15+,16?,18?,19?,20?,21+,22+,23?/m0/s1. The molecule has 0 heterocycles. The Hall–Kier alpha value is 0.320. The van der Waals surface area contributed by atoms with Crippen molar-refractivity contribution >= 4 is 59.5 Å². The van der Waals surface area contributed by atoms with E-state index in [1.807, 2.05) is 0 Å². The molecule has 4 rings (SSSR count). The van der Waals surface area contributed by atoms with Crippen LogP contribution in [0, 0.1) is 28.6 Å². The van der Waals surface area contributed by atoms with Crippen LogP contribution in [0.4, 0.5) is 0 Å². The molecule has 162 valence electrons. The van der Waals surface area contributed by atoms with Gasteiger partial charge in [0.15, 0.2) is 5.78 Å². The van der Waals surface area contributed by atoms with Crippen LogP contribution >= 0.6 is 47.8 Å². The molecular formula is C23H31Br3O3. The third-order valence-corrected chi connectivity index (χ3v) is 13.3. The van der Waals surface area contributed by atoms with Gasteiger partial charge in [0.1, 0.15) is 6.10 Å². The molecule has 0 N–H and O–H groups in total. The molecule has 3 nitrogen and oxygen atoms in total. The number of carbonyl (C=O) groups is 2. The number of allylic oxidation sites excluding steroid dienone is 2. The van der Waals surface area contributed by atoms with E-state index in [1.165, 1.54) is 6.92 Å². The summed E-state index contributed by atoms with van der Waals surface area (Å²) in [5, 5.41) is 0. The van der Waals surface area contributed by atoms with Gasteiger partial charge in [-0.2, -0.15) is 0 Å². The highest BCUT2D eigenvalue weighted by molar-refractivity contribution is 9.12. The number of fused-ring (bicyclic) bond motifs is 5. The molecule has 4 aliphatic rings. The van der Waals surface area contributed by atoms with E-state index in [-0.39, 0.29) is 37.8 Å². The van der Waals surface area contributed by atoms with Crippen LogP contribution < -0.4 is 0 Å². The highest BCUT2D eigenvalue weighted by Gasteiger charge is 2.67. The second kappa shape index (κ2) is 7.43.